The maximum Gasteiger partial charge on any atom is 0.258 e. The number of aryl methyl sites for hydroxylation is 3. The molecular formula is C21H25N3O2. The molecule has 0 radical (unpaired) electrons. The first kappa shape index (κ1) is 18.1. The number of hydrogen-bond donors (Lipinski definition) is 1. The molecule has 26 heavy (non-hydrogen) atoms. The molecule has 0 amide bonds. The smallest absolute Gasteiger partial charge is 0.258 e. The molecule has 136 valence electrons. The molecule has 0 spiro atoms. The van der Waals surface area contributed by atoms with Crippen LogP contribution in [-0.4, -0.2) is 20.2 Å². The summed E-state index contributed by atoms with van der Waals surface area (Å²) in [5.74, 6) is 1.88. The molecule has 0 unspecified atom stereocenters. The quantitative estimate of drug-likeness (QED) is 0.709. The highest BCUT2D eigenvalue weighted by Gasteiger charge is 2.15. The van der Waals surface area contributed by atoms with Crippen molar-refractivity contribution >= 4 is 0 Å². The number of nitrogens with zero attached hydrogens (tertiary/aromatic N) is 3. The minimum Gasteiger partial charge on any atom is -0.507 e. The van der Waals surface area contributed by atoms with Gasteiger partial charge in [-0.2, -0.15) is 4.98 Å². The Balaban J connectivity index is 1.98. The fraction of sp³-hybridized carbons (Fsp3) is 0.381. The van der Waals surface area contributed by atoms with Crippen molar-refractivity contribution in [3.63, 3.8) is 0 Å². The van der Waals surface area contributed by atoms with Gasteiger partial charge < -0.3 is 9.63 Å². The average Bonchev–Trinajstić information content (AvgIpc) is 3.06. The number of phenols is 1. The van der Waals surface area contributed by atoms with Crippen LogP contribution in [0.2, 0.25) is 0 Å². The van der Waals surface area contributed by atoms with Crippen molar-refractivity contribution in [2.45, 2.75) is 47.5 Å². The van der Waals surface area contributed by atoms with Gasteiger partial charge in [-0.1, -0.05) is 25.9 Å². The summed E-state index contributed by atoms with van der Waals surface area (Å²) < 4.78 is 5.50. The lowest BCUT2D eigenvalue weighted by Gasteiger charge is -2.07. The molecular weight excluding hydrogens is 326 g/mol. The molecule has 0 fully saturated rings. The fourth-order valence-corrected chi connectivity index (χ4v) is 3.09. The van der Waals surface area contributed by atoms with E-state index in [0.717, 1.165) is 46.5 Å². The topological polar surface area (TPSA) is 72.0 Å². The molecule has 5 nitrogen and oxygen atoms in total. The van der Waals surface area contributed by atoms with Crippen molar-refractivity contribution in [1.29, 1.82) is 0 Å². The molecule has 0 aliphatic rings. The van der Waals surface area contributed by atoms with Gasteiger partial charge in [0.1, 0.15) is 5.75 Å². The number of aromatic hydroxyl groups is 1. The normalized spacial score (nSPS) is 11.3. The lowest BCUT2D eigenvalue weighted by Crippen LogP contribution is -1.99. The standard InChI is InChI=1S/C21H25N3O2/c1-6-15-10-17(8-13(4)19(15)25)21-23-20(24-26-21)16-9-14(5)22-18(11-16)7-12(2)3/h8-12,25H,6-7H2,1-5H3. The Morgan fingerprint density at radius 3 is 2.50 bits per heavy atom. The molecule has 1 aromatic carbocycles. The largest absolute Gasteiger partial charge is 0.507 e. The molecule has 3 aromatic rings. The summed E-state index contributed by atoms with van der Waals surface area (Å²) in [5, 5.41) is 14.3. The van der Waals surface area contributed by atoms with Gasteiger partial charge in [-0.15, -0.1) is 0 Å². The van der Waals surface area contributed by atoms with Crippen LogP contribution in [-0.2, 0) is 12.8 Å². The third-order valence-corrected chi connectivity index (χ3v) is 4.32. The van der Waals surface area contributed by atoms with Gasteiger partial charge in [0.2, 0.25) is 5.82 Å². The molecule has 5 heteroatoms. The van der Waals surface area contributed by atoms with Crippen LogP contribution in [0.1, 0.15) is 43.3 Å². The lowest BCUT2D eigenvalue weighted by molar-refractivity contribution is 0.432. The second-order valence-corrected chi connectivity index (χ2v) is 7.16. The maximum absolute atomic E-state index is 10.1. The van der Waals surface area contributed by atoms with E-state index in [1.54, 1.807) is 0 Å². The van der Waals surface area contributed by atoms with E-state index in [4.69, 9.17) is 4.52 Å². The van der Waals surface area contributed by atoms with Gasteiger partial charge in [0, 0.05) is 22.5 Å². The maximum atomic E-state index is 10.1. The molecule has 0 bridgehead atoms. The Morgan fingerprint density at radius 1 is 1.04 bits per heavy atom. The van der Waals surface area contributed by atoms with Gasteiger partial charge in [-0.05, 0) is 68.0 Å². The Bertz CT molecular complexity index is 929. The van der Waals surface area contributed by atoms with Gasteiger partial charge >= 0.3 is 0 Å². The van der Waals surface area contributed by atoms with Crippen molar-refractivity contribution in [3.05, 3.63) is 46.8 Å². The zero-order valence-electron chi connectivity index (χ0n) is 16.0. The second-order valence-electron chi connectivity index (χ2n) is 7.16. The molecule has 0 saturated heterocycles. The van der Waals surface area contributed by atoms with E-state index in [1.165, 1.54) is 0 Å². The van der Waals surface area contributed by atoms with Crippen LogP contribution in [0.15, 0.2) is 28.8 Å². The van der Waals surface area contributed by atoms with Crippen molar-refractivity contribution < 1.29 is 9.63 Å². The highest BCUT2D eigenvalue weighted by molar-refractivity contribution is 5.63. The highest BCUT2D eigenvalue weighted by atomic mass is 16.5. The van der Waals surface area contributed by atoms with E-state index in [2.05, 4.69) is 29.0 Å². The van der Waals surface area contributed by atoms with Gasteiger partial charge in [-0.3, -0.25) is 4.98 Å². The molecule has 1 N–H and O–H groups in total. The third kappa shape index (κ3) is 3.77. The Morgan fingerprint density at radius 2 is 1.81 bits per heavy atom. The first-order chi connectivity index (χ1) is 12.4. The number of rotatable bonds is 5. The van der Waals surface area contributed by atoms with Crippen LogP contribution in [0.3, 0.4) is 0 Å². The number of hydrogen-bond acceptors (Lipinski definition) is 5. The molecule has 0 aliphatic carbocycles. The molecule has 2 heterocycles. The van der Waals surface area contributed by atoms with Gasteiger partial charge in [-0.25, -0.2) is 0 Å². The second kappa shape index (κ2) is 7.28. The summed E-state index contributed by atoms with van der Waals surface area (Å²) in [6.45, 7) is 10.2. The SMILES string of the molecule is CCc1cc(-c2nc(-c3cc(C)nc(CC(C)C)c3)no2)cc(C)c1O. The summed E-state index contributed by atoms with van der Waals surface area (Å²) in [6, 6.07) is 7.77. The summed E-state index contributed by atoms with van der Waals surface area (Å²) in [6.07, 6.45) is 1.65. The van der Waals surface area contributed by atoms with E-state index in [9.17, 15) is 5.11 Å². The Labute approximate surface area is 154 Å². The summed E-state index contributed by atoms with van der Waals surface area (Å²) in [7, 11) is 0. The zero-order valence-corrected chi connectivity index (χ0v) is 16.0. The van der Waals surface area contributed by atoms with Gasteiger partial charge in [0.05, 0.1) is 0 Å². The van der Waals surface area contributed by atoms with E-state index in [0.29, 0.717) is 23.4 Å². The number of aromatic nitrogens is 3. The van der Waals surface area contributed by atoms with Crippen LogP contribution in [0, 0.1) is 19.8 Å². The van der Waals surface area contributed by atoms with Crippen molar-refractivity contribution in [2.24, 2.45) is 5.92 Å². The molecule has 0 atom stereocenters. The molecule has 3 rings (SSSR count). The summed E-state index contributed by atoms with van der Waals surface area (Å²) in [4.78, 5) is 9.17. The van der Waals surface area contributed by atoms with Crippen molar-refractivity contribution in [3.8, 4) is 28.6 Å². The van der Waals surface area contributed by atoms with Crippen molar-refractivity contribution in [2.75, 3.05) is 0 Å². The first-order valence-corrected chi connectivity index (χ1v) is 9.01. The minimum atomic E-state index is 0.332. The van der Waals surface area contributed by atoms with Gasteiger partial charge in [0.15, 0.2) is 0 Å². The summed E-state index contributed by atoms with van der Waals surface area (Å²) in [5.41, 5.74) is 5.39. The van der Waals surface area contributed by atoms with Crippen molar-refractivity contribution in [1.82, 2.24) is 15.1 Å². The monoisotopic (exact) mass is 351 g/mol. The molecule has 2 aromatic heterocycles. The third-order valence-electron chi connectivity index (χ3n) is 4.32. The van der Waals surface area contributed by atoms with Crippen LogP contribution in [0.5, 0.6) is 5.75 Å². The van der Waals surface area contributed by atoms with E-state index < -0.39 is 0 Å². The fourth-order valence-electron chi connectivity index (χ4n) is 3.09. The Kier molecular flexibility index (Phi) is 5.07. The number of phenolic OH excluding ortho intramolecular Hbond substituents is 1. The van der Waals surface area contributed by atoms with E-state index in [1.807, 2.05) is 45.0 Å². The predicted octanol–water partition coefficient (Wildman–Crippen LogP) is 4.88. The minimum absolute atomic E-state index is 0.332. The summed E-state index contributed by atoms with van der Waals surface area (Å²) >= 11 is 0. The first-order valence-electron chi connectivity index (χ1n) is 9.01. The molecule has 0 aliphatic heterocycles. The van der Waals surface area contributed by atoms with Crippen LogP contribution < -0.4 is 0 Å². The average molecular weight is 351 g/mol. The predicted molar refractivity (Wildman–Crippen MR) is 102 cm³/mol. The van der Waals surface area contributed by atoms with Crippen LogP contribution >= 0.6 is 0 Å². The number of pyridine rings is 1. The lowest BCUT2D eigenvalue weighted by atomic mass is 10.0. The highest BCUT2D eigenvalue weighted by Crippen LogP contribution is 2.30. The van der Waals surface area contributed by atoms with E-state index in [-0.39, 0.29) is 0 Å². The van der Waals surface area contributed by atoms with Gasteiger partial charge in [0.25, 0.3) is 5.89 Å². The number of benzene rings is 1. The van der Waals surface area contributed by atoms with E-state index >= 15 is 0 Å². The zero-order chi connectivity index (χ0) is 18.8. The van der Waals surface area contributed by atoms with Crippen LogP contribution in [0.25, 0.3) is 22.8 Å². The molecule has 0 saturated carbocycles. The Hall–Kier alpha value is -2.69. The van der Waals surface area contributed by atoms with Crippen LogP contribution in [0.4, 0.5) is 0 Å².